The Hall–Kier alpha value is -0.620. The minimum Gasteiger partial charge on any atom is -0.355 e. The van der Waals surface area contributed by atoms with Crippen molar-refractivity contribution in [3.63, 3.8) is 0 Å². The van der Waals surface area contributed by atoms with Crippen LogP contribution in [0.5, 0.6) is 0 Å². The van der Waals surface area contributed by atoms with E-state index in [1.54, 1.807) is 11.3 Å². The summed E-state index contributed by atoms with van der Waals surface area (Å²) in [4.78, 5) is 14.0. The molecule has 0 unspecified atom stereocenters. The van der Waals surface area contributed by atoms with Crippen LogP contribution in [0.3, 0.4) is 0 Å². The molecule has 18 heavy (non-hydrogen) atoms. The molecular formula is C12H20ClN3OS. The number of nitrogens with one attached hydrogen (secondary N) is 2. The number of carbonyl (C=O) groups excluding carboxylic acids is 1. The number of thiophene rings is 1. The number of carbonyl (C=O) groups is 1. The highest BCUT2D eigenvalue weighted by Crippen LogP contribution is 2.06. The molecule has 0 atom stereocenters. The fourth-order valence-electron chi connectivity index (χ4n) is 1.93. The molecule has 0 spiro atoms. The number of amides is 1. The molecule has 0 aliphatic carbocycles. The third-order valence-electron chi connectivity index (χ3n) is 2.90. The minimum absolute atomic E-state index is 0. The van der Waals surface area contributed by atoms with Crippen LogP contribution < -0.4 is 10.6 Å². The van der Waals surface area contributed by atoms with E-state index in [1.165, 1.54) is 0 Å². The second-order valence-corrected chi connectivity index (χ2v) is 5.03. The first-order chi connectivity index (χ1) is 8.34. The van der Waals surface area contributed by atoms with Gasteiger partial charge in [0.25, 0.3) is 0 Å². The van der Waals surface area contributed by atoms with Crippen molar-refractivity contribution >= 4 is 29.7 Å². The second-order valence-electron chi connectivity index (χ2n) is 4.25. The average Bonchev–Trinajstić information content (AvgIpc) is 2.83. The van der Waals surface area contributed by atoms with Crippen LogP contribution in [0.15, 0.2) is 16.8 Å². The van der Waals surface area contributed by atoms with Gasteiger partial charge in [-0.3, -0.25) is 9.69 Å². The first kappa shape index (κ1) is 15.4. The molecule has 1 aromatic heterocycles. The van der Waals surface area contributed by atoms with Gasteiger partial charge in [0, 0.05) is 39.3 Å². The Labute approximate surface area is 118 Å². The topological polar surface area (TPSA) is 44.4 Å². The zero-order chi connectivity index (χ0) is 11.9. The van der Waals surface area contributed by atoms with Gasteiger partial charge in [0.2, 0.25) is 5.91 Å². The van der Waals surface area contributed by atoms with Crippen LogP contribution in [-0.4, -0.2) is 50.1 Å². The maximum absolute atomic E-state index is 11.6. The highest BCUT2D eigenvalue weighted by Gasteiger charge is 2.09. The van der Waals surface area contributed by atoms with E-state index in [4.69, 9.17) is 0 Å². The summed E-state index contributed by atoms with van der Waals surface area (Å²) in [5, 5.41) is 10.3. The van der Waals surface area contributed by atoms with E-state index >= 15 is 0 Å². The van der Waals surface area contributed by atoms with Crippen molar-refractivity contribution in [1.29, 1.82) is 0 Å². The molecular weight excluding hydrogens is 270 g/mol. The number of hydrogen-bond acceptors (Lipinski definition) is 4. The molecule has 1 amide bonds. The largest absolute Gasteiger partial charge is 0.355 e. The normalized spacial score (nSPS) is 16.0. The summed E-state index contributed by atoms with van der Waals surface area (Å²) in [6.45, 7) is 5.99. The molecule has 1 aliphatic rings. The van der Waals surface area contributed by atoms with Crippen LogP contribution in [0.1, 0.15) is 5.56 Å². The summed E-state index contributed by atoms with van der Waals surface area (Å²) >= 11 is 1.63. The number of hydrogen-bond donors (Lipinski definition) is 2. The third kappa shape index (κ3) is 5.35. The molecule has 0 aromatic carbocycles. The van der Waals surface area contributed by atoms with E-state index in [0.717, 1.165) is 44.8 Å². The predicted molar refractivity (Wildman–Crippen MR) is 77.6 cm³/mol. The summed E-state index contributed by atoms with van der Waals surface area (Å²) in [7, 11) is 0. The summed E-state index contributed by atoms with van der Waals surface area (Å²) < 4.78 is 0. The Kier molecular flexibility index (Phi) is 7.27. The molecule has 6 heteroatoms. The minimum atomic E-state index is 0. The van der Waals surface area contributed by atoms with Crippen LogP contribution in [0, 0.1) is 0 Å². The van der Waals surface area contributed by atoms with Crippen molar-refractivity contribution in [2.75, 3.05) is 39.3 Å². The molecule has 0 bridgehead atoms. The maximum atomic E-state index is 11.6. The van der Waals surface area contributed by atoms with Gasteiger partial charge in [0.1, 0.15) is 0 Å². The molecule has 1 saturated heterocycles. The van der Waals surface area contributed by atoms with Crippen molar-refractivity contribution in [1.82, 2.24) is 15.5 Å². The van der Waals surface area contributed by atoms with Crippen molar-refractivity contribution in [3.05, 3.63) is 22.4 Å². The lowest BCUT2D eigenvalue weighted by molar-refractivity contribution is -0.120. The van der Waals surface area contributed by atoms with E-state index in [-0.39, 0.29) is 18.3 Å². The zero-order valence-corrected chi connectivity index (χ0v) is 12.0. The number of nitrogens with zero attached hydrogens (tertiary/aromatic N) is 1. The summed E-state index contributed by atoms with van der Waals surface area (Å²) in [5.41, 5.74) is 1.11. The lowest BCUT2D eigenvalue weighted by Crippen LogP contribution is -2.46. The van der Waals surface area contributed by atoms with Gasteiger partial charge >= 0.3 is 0 Å². The first-order valence-electron chi connectivity index (χ1n) is 6.05. The molecule has 4 nitrogen and oxygen atoms in total. The average molecular weight is 290 g/mol. The van der Waals surface area contributed by atoms with Gasteiger partial charge in [0.15, 0.2) is 0 Å². The molecule has 0 saturated carbocycles. The fraction of sp³-hybridized carbons (Fsp3) is 0.583. The molecule has 2 heterocycles. The van der Waals surface area contributed by atoms with E-state index in [1.807, 2.05) is 16.8 Å². The van der Waals surface area contributed by atoms with Crippen LogP contribution in [0.25, 0.3) is 0 Å². The highest BCUT2D eigenvalue weighted by molar-refractivity contribution is 7.07. The molecule has 102 valence electrons. The first-order valence-corrected chi connectivity index (χ1v) is 7.00. The van der Waals surface area contributed by atoms with Gasteiger partial charge in [-0.25, -0.2) is 0 Å². The Balaban J connectivity index is 0.00000162. The maximum Gasteiger partial charge on any atom is 0.224 e. The Morgan fingerprint density at radius 3 is 2.89 bits per heavy atom. The monoisotopic (exact) mass is 289 g/mol. The summed E-state index contributed by atoms with van der Waals surface area (Å²) in [6, 6.07) is 2.00. The quantitative estimate of drug-likeness (QED) is 0.840. The number of rotatable bonds is 5. The van der Waals surface area contributed by atoms with Crippen LogP contribution in [-0.2, 0) is 11.2 Å². The van der Waals surface area contributed by atoms with E-state index in [0.29, 0.717) is 6.42 Å². The van der Waals surface area contributed by atoms with Gasteiger partial charge < -0.3 is 10.6 Å². The molecule has 2 rings (SSSR count). The molecule has 2 N–H and O–H groups in total. The Bertz CT molecular complexity index is 339. The zero-order valence-electron chi connectivity index (χ0n) is 10.4. The third-order valence-corrected chi connectivity index (χ3v) is 3.64. The van der Waals surface area contributed by atoms with E-state index in [9.17, 15) is 4.79 Å². The fourth-order valence-corrected chi connectivity index (χ4v) is 2.60. The highest BCUT2D eigenvalue weighted by atomic mass is 35.5. The summed E-state index contributed by atoms with van der Waals surface area (Å²) in [5.74, 6) is 0.124. The van der Waals surface area contributed by atoms with Gasteiger partial charge in [-0.05, 0) is 22.4 Å². The van der Waals surface area contributed by atoms with Gasteiger partial charge in [-0.2, -0.15) is 11.3 Å². The standard InChI is InChI=1S/C12H19N3OS.ClH/c16-12(9-11-1-8-17-10-11)14-4-7-15-5-2-13-3-6-15;/h1,8,10,13H,2-7,9H2,(H,14,16);1H. The van der Waals surface area contributed by atoms with Crippen LogP contribution in [0.4, 0.5) is 0 Å². The van der Waals surface area contributed by atoms with Crippen molar-refractivity contribution in [2.24, 2.45) is 0 Å². The number of halogens is 1. The SMILES string of the molecule is Cl.O=C(Cc1ccsc1)NCCN1CCNCC1. The van der Waals surface area contributed by atoms with Gasteiger partial charge in [-0.15, -0.1) is 12.4 Å². The van der Waals surface area contributed by atoms with Crippen molar-refractivity contribution < 1.29 is 4.79 Å². The molecule has 1 aromatic rings. The molecule has 1 aliphatic heterocycles. The second kappa shape index (κ2) is 8.48. The Morgan fingerprint density at radius 2 is 2.22 bits per heavy atom. The van der Waals surface area contributed by atoms with Gasteiger partial charge in [0.05, 0.1) is 6.42 Å². The van der Waals surface area contributed by atoms with Crippen molar-refractivity contribution in [3.8, 4) is 0 Å². The smallest absolute Gasteiger partial charge is 0.224 e. The molecule has 0 radical (unpaired) electrons. The Morgan fingerprint density at radius 1 is 1.44 bits per heavy atom. The summed E-state index contributed by atoms with van der Waals surface area (Å²) in [6.07, 6.45) is 0.505. The predicted octanol–water partition coefficient (Wildman–Crippen LogP) is 0.734. The van der Waals surface area contributed by atoms with Crippen LogP contribution in [0.2, 0.25) is 0 Å². The van der Waals surface area contributed by atoms with E-state index in [2.05, 4.69) is 15.5 Å². The lowest BCUT2D eigenvalue weighted by Gasteiger charge is -2.27. The van der Waals surface area contributed by atoms with Crippen LogP contribution >= 0.6 is 23.7 Å². The van der Waals surface area contributed by atoms with E-state index < -0.39 is 0 Å². The number of piperazine rings is 1. The lowest BCUT2D eigenvalue weighted by atomic mass is 10.2. The molecule has 1 fully saturated rings. The van der Waals surface area contributed by atoms with Crippen molar-refractivity contribution in [2.45, 2.75) is 6.42 Å². The van der Waals surface area contributed by atoms with Gasteiger partial charge in [-0.1, -0.05) is 0 Å².